The lowest BCUT2D eigenvalue weighted by Gasteiger charge is -2.13. The fourth-order valence-electron chi connectivity index (χ4n) is 2.41. The van der Waals surface area contributed by atoms with E-state index >= 15 is 0 Å². The number of carbonyl (C=O) groups is 2. The first kappa shape index (κ1) is 14.1. The topological polar surface area (TPSA) is 57.6 Å². The number of hydrogen-bond donors (Lipinski definition) is 1. The Morgan fingerprint density at radius 2 is 1.73 bits per heavy atom. The zero-order chi connectivity index (χ0) is 15.5. The van der Waals surface area contributed by atoms with E-state index in [0.717, 1.165) is 0 Å². The fraction of sp³-hybridized carbons (Fsp3) is 0.111. The number of para-hydroxylation sites is 1. The summed E-state index contributed by atoms with van der Waals surface area (Å²) in [5, 5.41) is 8.79. The van der Waals surface area contributed by atoms with Gasteiger partial charge in [0.25, 0.3) is 11.8 Å². The molecule has 0 radical (unpaired) electrons. The van der Waals surface area contributed by atoms with Gasteiger partial charge in [-0.25, -0.2) is 4.90 Å². The molecule has 0 fully saturated rings. The molecular formula is C18H13NO3. The molecular weight excluding hydrogens is 278 g/mol. The van der Waals surface area contributed by atoms with Gasteiger partial charge in [-0.05, 0) is 24.3 Å². The third kappa shape index (κ3) is 2.28. The lowest BCUT2D eigenvalue weighted by Crippen LogP contribution is -2.29. The van der Waals surface area contributed by atoms with E-state index in [1.807, 2.05) is 6.07 Å². The third-order valence-electron chi connectivity index (χ3n) is 3.39. The van der Waals surface area contributed by atoms with E-state index in [2.05, 4.69) is 11.8 Å². The minimum Gasteiger partial charge on any atom is -0.395 e. The lowest BCUT2D eigenvalue weighted by atomic mass is 10.0. The monoisotopic (exact) mass is 291 g/mol. The fourth-order valence-corrected chi connectivity index (χ4v) is 2.41. The molecule has 0 saturated carbocycles. The van der Waals surface area contributed by atoms with Gasteiger partial charge >= 0.3 is 0 Å². The summed E-state index contributed by atoms with van der Waals surface area (Å²) in [5.41, 5.74) is 1.76. The highest BCUT2D eigenvalue weighted by Gasteiger charge is 2.38. The summed E-state index contributed by atoms with van der Waals surface area (Å²) in [6.07, 6.45) is 0.328. The van der Waals surface area contributed by atoms with Gasteiger partial charge in [-0.1, -0.05) is 36.1 Å². The summed E-state index contributed by atoms with van der Waals surface area (Å²) >= 11 is 0. The molecule has 0 aliphatic carbocycles. The smallest absolute Gasteiger partial charge is 0.267 e. The molecule has 0 bridgehead atoms. The first-order chi connectivity index (χ1) is 10.7. The molecule has 1 aliphatic rings. The predicted octanol–water partition coefficient (Wildman–Crippen LogP) is 2.22. The van der Waals surface area contributed by atoms with Crippen LogP contribution in [0.25, 0.3) is 0 Å². The Morgan fingerprint density at radius 1 is 0.955 bits per heavy atom. The van der Waals surface area contributed by atoms with E-state index < -0.39 is 0 Å². The van der Waals surface area contributed by atoms with Crippen LogP contribution in [0, 0.1) is 11.8 Å². The van der Waals surface area contributed by atoms with Gasteiger partial charge in [0.2, 0.25) is 0 Å². The summed E-state index contributed by atoms with van der Waals surface area (Å²) < 4.78 is 0. The highest BCUT2D eigenvalue weighted by atomic mass is 16.2. The largest absolute Gasteiger partial charge is 0.395 e. The number of carbonyl (C=O) groups excluding carboxylic acids is 2. The van der Waals surface area contributed by atoms with Crippen molar-refractivity contribution in [1.82, 2.24) is 0 Å². The molecule has 22 heavy (non-hydrogen) atoms. The Balaban J connectivity index is 2.07. The summed E-state index contributed by atoms with van der Waals surface area (Å²) in [6.45, 7) is -0.0367. The molecule has 3 rings (SSSR count). The Bertz CT molecular complexity index is 800. The van der Waals surface area contributed by atoms with Gasteiger partial charge in [0.15, 0.2) is 0 Å². The van der Waals surface area contributed by atoms with Gasteiger partial charge in [-0.2, -0.15) is 0 Å². The number of amides is 2. The number of aliphatic hydroxyl groups excluding tert-OH is 1. The number of aliphatic hydroxyl groups is 1. The Hall–Kier alpha value is -2.90. The highest BCUT2D eigenvalue weighted by Crippen LogP contribution is 2.30. The molecule has 0 spiro atoms. The Kier molecular flexibility index (Phi) is 3.73. The number of imide groups is 1. The Labute approximate surface area is 128 Å². The zero-order valence-corrected chi connectivity index (χ0v) is 11.7. The molecule has 4 heteroatoms. The van der Waals surface area contributed by atoms with Crippen LogP contribution in [0.4, 0.5) is 5.69 Å². The van der Waals surface area contributed by atoms with Crippen molar-refractivity contribution in [3.8, 4) is 11.8 Å². The number of hydrogen-bond acceptors (Lipinski definition) is 3. The van der Waals surface area contributed by atoms with Crippen LogP contribution in [-0.4, -0.2) is 23.5 Å². The average molecular weight is 291 g/mol. The van der Waals surface area contributed by atoms with Crippen LogP contribution in [-0.2, 0) is 0 Å². The standard InChI is InChI=1S/C18H13NO3/c20-12-5-4-7-13-8-6-11-15-16(13)18(22)19(17(15)21)14-9-2-1-3-10-14/h1-3,6,8-11,20H,5,12H2. The third-order valence-corrected chi connectivity index (χ3v) is 3.39. The molecule has 0 aromatic heterocycles. The molecule has 108 valence electrons. The molecule has 0 unspecified atom stereocenters. The maximum Gasteiger partial charge on any atom is 0.267 e. The summed E-state index contributed by atoms with van der Waals surface area (Å²) in [6, 6.07) is 13.9. The van der Waals surface area contributed by atoms with Crippen LogP contribution < -0.4 is 4.90 Å². The number of nitrogens with zero attached hydrogens (tertiary/aromatic N) is 1. The lowest BCUT2D eigenvalue weighted by molar-refractivity contribution is 0.0926. The molecule has 2 aromatic carbocycles. The first-order valence-electron chi connectivity index (χ1n) is 6.90. The van der Waals surface area contributed by atoms with E-state index in [1.54, 1.807) is 42.5 Å². The van der Waals surface area contributed by atoms with Crippen molar-refractivity contribution >= 4 is 17.5 Å². The number of anilines is 1. The maximum atomic E-state index is 12.6. The normalized spacial score (nSPS) is 12.9. The van der Waals surface area contributed by atoms with Crippen LogP contribution in [0.3, 0.4) is 0 Å². The molecule has 1 aliphatic heterocycles. The maximum absolute atomic E-state index is 12.6. The van der Waals surface area contributed by atoms with Crippen LogP contribution >= 0.6 is 0 Å². The van der Waals surface area contributed by atoms with Crippen molar-refractivity contribution in [2.24, 2.45) is 0 Å². The van der Waals surface area contributed by atoms with Gasteiger partial charge in [0.05, 0.1) is 23.4 Å². The first-order valence-corrected chi connectivity index (χ1v) is 6.90. The molecule has 2 amide bonds. The van der Waals surface area contributed by atoms with Gasteiger partial charge in [0, 0.05) is 12.0 Å². The average Bonchev–Trinajstić information content (AvgIpc) is 2.81. The summed E-state index contributed by atoms with van der Waals surface area (Å²) in [5.74, 6) is 4.95. The van der Waals surface area contributed by atoms with E-state index in [-0.39, 0.29) is 18.4 Å². The molecule has 1 N–H and O–H groups in total. The van der Waals surface area contributed by atoms with Gasteiger partial charge in [-0.3, -0.25) is 9.59 Å². The minimum absolute atomic E-state index is 0.0367. The summed E-state index contributed by atoms with van der Waals surface area (Å²) in [7, 11) is 0. The second-order valence-corrected chi connectivity index (χ2v) is 4.78. The number of rotatable bonds is 2. The van der Waals surface area contributed by atoms with Crippen molar-refractivity contribution in [3.63, 3.8) is 0 Å². The van der Waals surface area contributed by atoms with E-state index in [1.165, 1.54) is 4.90 Å². The molecule has 4 nitrogen and oxygen atoms in total. The van der Waals surface area contributed by atoms with Gasteiger partial charge in [-0.15, -0.1) is 0 Å². The van der Waals surface area contributed by atoms with E-state index in [0.29, 0.717) is 28.8 Å². The van der Waals surface area contributed by atoms with Crippen molar-refractivity contribution < 1.29 is 14.7 Å². The molecule has 1 heterocycles. The van der Waals surface area contributed by atoms with Crippen molar-refractivity contribution in [1.29, 1.82) is 0 Å². The molecule has 0 saturated heterocycles. The van der Waals surface area contributed by atoms with Gasteiger partial charge < -0.3 is 5.11 Å². The van der Waals surface area contributed by atoms with Crippen LogP contribution in [0.2, 0.25) is 0 Å². The van der Waals surface area contributed by atoms with Crippen LogP contribution in [0.1, 0.15) is 32.7 Å². The van der Waals surface area contributed by atoms with Crippen molar-refractivity contribution in [2.75, 3.05) is 11.5 Å². The van der Waals surface area contributed by atoms with E-state index in [4.69, 9.17) is 5.11 Å². The summed E-state index contributed by atoms with van der Waals surface area (Å²) in [4.78, 5) is 26.3. The SMILES string of the molecule is O=C1c2cccc(C#CCCO)c2C(=O)N1c1ccccc1. The second-order valence-electron chi connectivity index (χ2n) is 4.78. The predicted molar refractivity (Wildman–Crippen MR) is 82.6 cm³/mol. The van der Waals surface area contributed by atoms with E-state index in [9.17, 15) is 9.59 Å². The quantitative estimate of drug-likeness (QED) is 0.682. The number of benzene rings is 2. The Morgan fingerprint density at radius 3 is 2.45 bits per heavy atom. The minimum atomic E-state index is -0.361. The number of fused-ring (bicyclic) bond motifs is 1. The highest BCUT2D eigenvalue weighted by molar-refractivity contribution is 6.35. The van der Waals surface area contributed by atoms with Crippen LogP contribution in [0.15, 0.2) is 48.5 Å². The van der Waals surface area contributed by atoms with Crippen molar-refractivity contribution in [2.45, 2.75) is 6.42 Å². The zero-order valence-electron chi connectivity index (χ0n) is 11.7. The molecule has 2 aromatic rings. The van der Waals surface area contributed by atoms with Crippen molar-refractivity contribution in [3.05, 3.63) is 65.2 Å². The second kappa shape index (κ2) is 5.84. The molecule has 0 atom stereocenters. The van der Waals surface area contributed by atoms with Crippen LogP contribution in [0.5, 0.6) is 0 Å². The van der Waals surface area contributed by atoms with Gasteiger partial charge in [0.1, 0.15) is 0 Å².